The van der Waals surface area contributed by atoms with E-state index in [0.717, 1.165) is 11.3 Å². The smallest absolute Gasteiger partial charge is 0.335 e. The Balaban J connectivity index is 2.16. The Morgan fingerprint density at radius 3 is 2.57 bits per heavy atom. The first-order valence-corrected chi connectivity index (χ1v) is 6.53. The molecule has 1 heterocycles. The Labute approximate surface area is 122 Å². The maximum absolute atomic E-state index is 12.2. The normalized spacial score (nSPS) is 12.0. The van der Waals surface area contributed by atoms with Crippen molar-refractivity contribution in [1.82, 2.24) is 15.1 Å². The van der Waals surface area contributed by atoms with Gasteiger partial charge < -0.3 is 10.4 Å². The zero-order valence-electron chi connectivity index (χ0n) is 12.1. The minimum absolute atomic E-state index is 0.0906. The van der Waals surface area contributed by atoms with Crippen molar-refractivity contribution in [3.05, 3.63) is 52.8 Å². The number of benzene rings is 1. The highest BCUT2D eigenvalue weighted by Crippen LogP contribution is 2.16. The van der Waals surface area contributed by atoms with Crippen LogP contribution in [0.25, 0.3) is 0 Å². The van der Waals surface area contributed by atoms with Crippen molar-refractivity contribution >= 4 is 11.9 Å². The summed E-state index contributed by atoms with van der Waals surface area (Å²) in [5.74, 6) is -1.37. The molecule has 2 rings (SSSR count). The number of carboxylic acids is 1. The summed E-state index contributed by atoms with van der Waals surface area (Å²) in [7, 11) is 1.82. The van der Waals surface area contributed by atoms with Gasteiger partial charge in [-0.2, -0.15) is 5.10 Å². The van der Waals surface area contributed by atoms with Crippen LogP contribution in [0.15, 0.2) is 30.5 Å². The molecule has 0 aliphatic carbocycles. The zero-order valence-corrected chi connectivity index (χ0v) is 12.1. The van der Waals surface area contributed by atoms with Gasteiger partial charge in [0.15, 0.2) is 0 Å². The zero-order chi connectivity index (χ0) is 15.6. The molecule has 1 aromatic heterocycles. The van der Waals surface area contributed by atoms with Gasteiger partial charge >= 0.3 is 5.97 Å². The van der Waals surface area contributed by atoms with Crippen molar-refractivity contribution in [3.8, 4) is 0 Å². The number of hydrogen-bond donors (Lipinski definition) is 2. The van der Waals surface area contributed by atoms with Crippen molar-refractivity contribution in [1.29, 1.82) is 0 Å². The first-order valence-electron chi connectivity index (χ1n) is 6.53. The number of carbonyl (C=O) groups is 2. The second kappa shape index (κ2) is 5.78. The predicted octanol–water partition coefficient (Wildman–Crippen LogP) is 1.92. The van der Waals surface area contributed by atoms with Crippen LogP contribution in [0, 0.1) is 6.92 Å². The van der Waals surface area contributed by atoms with Gasteiger partial charge in [-0.15, -0.1) is 0 Å². The molecule has 0 fully saturated rings. The van der Waals surface area contributed by atoms with Crippen LogP contribution < -0.4 is 5.32 Å². The molecule has 21 heavy (non-hydrogen) atoms. The summed E-state index contributed by atoms with van der Waals surface area (Å²) >= 11 is 0. The summed E-state index contributed by atoms with van der Waals surface area (Å²) in [5.41, 5.74) is 2.20. The molecule has 2 N–H and O–H groups in total. The molecule has 0 unspecified atom stereocenters. The number of nitrogens with one attached hydrogen (secondary N) is 1. The number of hydrogen-bond acceptors (Lipinski definition) is 3. The first kappa shape index (κ1) is 14.8. The fourth-order valence-electron chi connectivity index (χ4n) is 2.19. The highest BCUT2D eigenvalue weighted by molar-refractivity contribution is 5.97. The lowest BCUT2D eigenvalue weighted by Gasteiger charge is -2.13. The van der Waals surface area contributed by atoms with E-state index < -0.39 is 5.97 Å². The summed E-state index contributed by atoms with van der Waals surface area (Å²) in [6.45, 7) is 3.74. The number of aryl methyl sites for hydroxylation is 2. The van der Waals surface area contributed by atoms with Crippen LogP contribution in [0.4, 0.5) is 0 Å². The minimum Gasteiger partial charge on any atom is -0.478 e. The van der Waals surface area contributed by atoms with E-state index in [1.54, 1.807) is 16.8 Å². The highest BCUT2D eigenvalue weighted by Gasteiger charge is 2.16. The van der Waals surface area contributed by atoms with Crippen molar-refractivity contribution in [2.45, 2.75) is 19.9 Å². The standard InChI is InChI=1S/C15H17N3O3/c1-9(13-8-18(3)17-10(13)2)16-14(19)11-5-4-6-12(7-11)15(20)21/h4-9H,1-3H3,(H,16,19)(H,20,21)/t9-/m1/s1. The molecule has 1 atom stereocenters. The van der Waals surface area contributed by atoms with Crippen LogP contribution in [0.3, 0.4) is 0 Å². The molecule has 0 saturated carbocycles. The number of carbonyl (C=O) groups excluding carboxylic acids is 1. The van der Waals surface area contributed by atoms with Gasteiger partial charge in [-0.25, -0.2) is 4.79 Å². The number of aromatic nitrogens is 2. The lowest BCUT2D eigenvalue weighted by atomic mass is 10.1. The fourth-order valence-corrected chi connectivity index (χ4v) is 2.19. The van der Waals surface area contributed by atoms with Gasteiger partial charge in [0.1, 0.15) is 0 Å². The van der Waals surface area contributed by atoms with Gasteiger partial charge in [0.2, 0.25) is 0 Å². The minimum atomic E-state index is -1.05. The van der Waals surface area contributed by atoms with Crippen molar-refractivity contribution in [3.63, 3.8) is 0 Å². The van der Waals surface area contributed by atoms with Crippen LogP contribution in [-0.2, 0) is 7.05 Å². The molecule has 6 nitrogen and oxygen atoms in total. The second-order valence-electron chi connectivity index (χ2n) is 4.92. The molecule has 0 spiro atoms. The summed E-state index contributed by atoms with van der Waals surface area (Å²) < 4.78 is 1.69. The molecule has 0 aliphatic rings. The lowest BCUT2D eigenvalue weighted by Crippen LogP contribution is -2.27. The molecule has 1 amide bonds. The van der Waals surface area contributed by atoms with E-state index in [1.165, 1.54) is 12.1 Å². The molecule has 0 saturated heterocycles. The molecular formula is C15H17N3O3. The van der Waals surface area contributed by atoms with E-state index >= 15 is 0 Å². The number of nitrogens with zero attached hydrogens (tertiary/aromatic N) is 2. The summed E-state index contributed by atoms with van der Waals surface area (Å²) in [6.07, 6.45) is 1.86. The van der Waals surface area contributed by atoms with E-state index in [0.29, 0.717) is 5.56 Å². The average Bonchev–Trinajstić information content (AvgIpc) is 2.77. The van der Waals surface area contributed by atoms with Gasteiger partial charge in [-0.3, -0.25) is 9.48 Å². The number of rotatable bonds is 4. The van der Waals surface area contributed by atoms with Crippen molar-refractivity contribution < 1.29 is 14.7 Å². The topological polar surface area (TPSA) is 84.2 Å². The monoisotopic (exact) mass is 287 g/mol. The molecule has 0 bridgehead atoms. The fraction of sp³-hybridized carbons (Fsp3) is 0.267. The van der Waals surface area contributed by atoms with Crippen LogP contribution in [0.1, 0.15) is 44.9 Å². The Morgan fingerprint density at radius 2 is 2.00 bits per heavy atom. The SMILES string of the molecule is Cc1nn(C)cc1[C@@H](C)NC(=O)c1cccc(C(=O)O)c1. The Hall–Kier alpha value is -2.63. The molecule has 2 aromatic rings. The van der Waals surface area contributed by atoms with Gasteiger partial charge in [-0.1, -0.05) is 6.07 Å². The van der Waals surface area contributed by atoms with E-state index in [4.69, 9.17) is 5.11 Å². The molecule has 6 heteroatoms. The Kier molecular flexibility index (Phi) is 4.07. The van der Waals surface area contributed by atoms with E-state index in [-0.39, 0.29) is 17.5 Å². The molecule has 0 aliphatic heterocycles. The van der Waals surface area contributed by atoms with E-state index in [1.807, 2.05) is 27.1 Å². The number of aromatic carboxylic acids is 1. The van der Waals surface area contributed by atoms with Gasteiger partial charge in [0.25, 0.3) is 5.91 Å². The molecule has 1 aromatic carbocycles. The maximum Gasteiger partial charge on any atom is 0.335 e. The largest absolute Gasteiger partial charge is 0.478 e. The summed E-state index contributed by atoms with van der Waals surface area (Å²) in [6, 6.07) is 5.75. The number of carboxylic acid groups (broad SMARTS) is 1. The highest BCUT2D eigenvalue weighted by atomic mass is 16.4. The molecule has 110 valence electrons. The van der Waals surface area contributed by atoms with Crippen molar-refractivity contribution in [2.24, 2.45) is 7.05 Å². The van der Waals surface area contributed by atoms with Crippen LogP contribution >= 0.6 is 0 Å². The quantitative estimate of drug-likeness (QED) is 0.899. The van der Waals surface area contributed by atoms with Gasteiger partial charge in [0.05, 0.1) is 17.3 Å². The summed E-state index contributed by atoms with van der Waals surface area (Å²) in [5, 5.41) is 16.0. The third kappa shape index (κ3) is 3.28. The molecular weight excluding hydrogens is 270 g/mol. The Bertz CT molecular complexity index is 691. The third-order valence-electron chi connectivity index (χ3n) is 3.24. The molecule has 0 radical (unpaired) electrons. The van der Waals surface area contributed by atoms with Gasteiger partial charge in [-0.05, 0) is 32.0 Å². The average molecular weight is 287 g/mol. The van der Waals surface area contributed by atoms with Crippen LogP contribution in [-0.4, -0.2) is 26.8 Å². The van der Waals surface area contributed by atoms with Crippen molar-refractivity contribution in [2.75, 3.05) is 0 Å². The predicted molar refractivity (Wildman–Crippen MR) is 77.2 cm³/mol. The third-order valence-corrected chi connectivity index (χ3v) is 3.24. The lowest BCUT2D eigenvalue weighted by molar-refractivity contribution is 0.0697. The number of amides is 1. The van der Waals surface area contributed by atoms with E-state index in [9.17, 15) is 9.59 Å². The van der Waals surface area contributed by atoms with Crippen LogP contribution in [0.5, 0.6) is 0 Å². The maximum atomic E-state index is 12.2. The Morgan fingerprint density at radius 1 is 1.33 bits per heavy atom. The first-order chi connectivity index (χ1) is 9.88. The van der Waals surface area contributed by atoms with E-state index in [2.05, 4.69) is 10.4 Å². The van der Waals surface area contributed by atoms with Gasteiger partial charge in [0, 0.05) is 24.4 Å². The second-order valence-corrected chi connectivity index (χ2v) is 4.92. The van der Waals surface area contributed by atoms with Crippen LogP contribution in [0.2, 0.25) is 0 Å². The summed E-state index contributed by atoms with van der Waals surface area (Å²) in [4.78, 5) is 23.1.